The molecule has 0 amide bonds. The average Bonchev–Trinajstić information content (AvgIpc) is 2.69. The summed E-state index contributed by atoms with van der Waals surface area (Å²) in [6.45, 7) is 3.97. The molecule has 1 aromatic heterocycles. The molecule has 0 spiro atoms. The highest BCUT2D eigenvalue weighted by Gasteiger charge is 2.27. The molecule has 1 N–H and O–H groups in total. The molecule has 0 saturated heterocycles. The zero-order chi connectivity index (χ0) is 20.7. The maximum atomic E-state index is 12.7. The third-order valence-corrected chi connectivity index (χ3v) is 5.13. The summed E-state index contributed by atoms with van der Waals surface area (Å²) in [7, 11) is 3.09. The summed E-state index contributed by atoms with van der Waals surface area (Å²) in [4.78, 5) is 29.4. The number of nitrogens with one attached hydrogen (secondary N) is 1. The topological polar surface area (TPSA) is 82.4 Å². The standard InChI is InChI=1S/C22H21N3O4/c1-12-6-5-7-13(2)21(12)23-19-11-16-15-10-18(29-4)17(28-3)8-14(15)9-20(26)25(16)22(27)24-19/h5-8,10-11H,9H2,1-4H3,(H,23,24,27). The first kappa shape index (κ1) is 18.7. The minimum Gasteiger partial charge on any atom is -0.493 e. The predicted molar refractivity (Wildman–Crippen MR) is 111 cm³/mol. The van der Waals surface area contributed by atoms with Gasteiger partial charge in [0.25, 0.3) is 0 Å². The van der Waals surface area contributed by atoms with Crippen molar-refractivity contribution in [3.05, 3.63) is 63.6 Å². The molecule has 0 radical (unpaired) electrons. The first-order chi connectivity index (χ1) is 13.9. The fourth-order valence-electron chi connectivity index (χ4n) is 3.67. The van der Waals surface area contributed by atoms with Gasteiger partial charge in [0.05, 0.1) is 26.3 Å². The van der Waals surface area contributed by atoms with Gasteiger partial charge in [-0.25, -0.2) is 9.36 Å². The molecule has 0 fully saturated rings. The zero-order valence-corrected chi connectivity index (χ0v) is 16.7. The molecule has 4 rings (SSSR count). The lowest BCUT2D eigenvalue weighted by molar-refractivity contribution is 0.0907. The molecule has 0 bridgehead atoms. The van der Waals surface area contributed by atoms with E-state index in [1.165, 1.54) is 0 Å². The summed E-state index contributed by atoms with van der Waals surface area (Å²) < 4.78 is 11.9. The van der Waals surface area contributed by atoms with Crippen LogP contribution in [0.3, 0.4) is 0 Å². The molecule has 3 aromatic rings. The minimum absolute atomic E-state index is 0.0912. The van der Waals surface area contributed by atoms with Crippen LogP contribution in [-0.2, 0) is 6.42 Å². The number of methoxy groups -OCH3 is 2. The maximum Gasteiger partial charge on any atom is 0.356 e. The molecule has 2 aromatic carbocycles. The van der Waals surface area contributed by atoms with E-state index >= 15 is 0 Å². The van der Waals surface area contributed by atoms with Crippen LogP contribution in [0.4, 0.5) is 11.5 Å². The van der Waals surface area contributed by atoms with Gasteiger partial charge in [-0.2, -0.15) is 4.98 Å². The van der Waals surface area contributed by atoms with Crippen LogP contribution in [0.25, 0.3) is 11.3 Å². The first-order valence-electron chi connectivity index (χ1n) is 9.18. The number of hydrogen-bond donors (Lipinski definition) is 1. The molecular formula is C22H21N3O4. The van der Waals surface area contributed by atoms with Gasteiger partial charge in [-0.1, -0.05) is 18.2 Å². The van der Waals surface area contributed by atoms with E-state index in [-0.39, 0.29) is 12.3 Å². The smallest absolute Gasteiger partial charge is 0.356 e. The number of hydrogen-bond acceptors (Lipinski definition) is 6. The number of carbonyl (C=O) groups excluding carboxylic acids is 1. The summed E-state index contributed by atoms with van der Waals surface area (Å²) >= 11 is 0. The van der Waals surface area contributed by atoms with Crippen molar-refractivity contribution in [1.29, 1.82) is 0 Å². The molecule has 0 atom stereocenters. The second-order valence-corrected chi connectivity index (χ2v) is 6.97. The van der Waals surface area contributed by atoms with E-state index in [0.717, 1.165) is 32.5 Å². The highest BCUT2D eigenvalue weighted by Crippen LogP contribution is 2.38. The van der Waals surface area contributed by atoms with Crippen LogP contribution in [0, 0.1) is 13.8 Å². The number of nitrogens with zero attached hydrogens (tertiary/aromatic N) is 2. The third kappa shape index (κ3) is 3.14. The largest absolute Gasteiger partial charge is 0.493 e. The van der Waals surface area contributed by atoms with Gasteiger partial charge in [-0.05, 0) is 42.7 Å². The molecule has 1 aliphatic rings. The van der Waals surface area contributed by atoms with Crippen LogP contribution >= 0.6 is 0 Å². The Kier molecular flexibility index (Phi) is 4.58. The van der Waals surface area contributed by atoms with Crippen LogP contribution in [0.1, 0.15) is 21.5 Å². The molecule has 7 heteroatoms. The Morgan fingerprint density at radius 3 is 2.31 bits per heavy atom. The Morgan fingerprint density at radius 2 is 1.66 bits per heavy atom. The maximum absolute atomic E-state index is 12.7. The van der Waals surface area contributed by atoms with E-state index in [1.54, 1.807) is 32.4 Å². The van der Waals surface area contributed by atoms with E-state index in [9.17, 15) is 9.59 Å². The molecule has 0 unspecified atom stereocenters. The third-order valence-electron chi connectivity index (χ3n) is 5.13. The number of aryl methyl sites for hydroxylation is 2. The molecule has 0 saturated carbocycles. The summed E-state index contributed by atoms with van der Waals surface area (Å²) in [6, 6.07) is 11.2. The van der Waals surface area contributed by atoms with Crippen LogP contribution < -0.4 is 20.5 Å². The van der Waals surface area contributed by atoms with Crippen molar-refractivity contribution < 1.29 is 14.3 Å². The molecule has 148 valence electrons. The van der Waals surface area contributed by atoms with E-state index in [4.69, 9.17) is 9.47 Å². The SMILES string of the molecule is COc1cc2c(cc1OC)-c1cc(Nc3c(C)cccc3C)nc(=O)n1C(=O)C2. The van der Waals surface area contributed by atoms with Crippen molar-refractivity contribution in [3.8, 4) is 22.8 Å². The first-order valence-corrected chi connectivity index (χ1v) is 9.18. The summed E-state index contributed by atoms with van der Waals surface area (Å²) in [5, 5.41) is 3.24. The molecule has 0 aliphatic carbocycles. The molecule has 7 nitrogen and oxygen atoms in total. The average molecular weight is 391 g/mol. The van der Waals surface area contributed by atoms with E-state index in [0.29, 0.717) is 23.0 Å². The number of benzene rings is 2. The lowest BCUT2D eigenvalue weighted by Crippen LogP contribution is -2.34. The van der Waals surface area contributed by atoms with Crippen molar-refractivity contribution in [3.63, 3.8) is 0 Å². The van der Waals surface area contributed by atoms with Gasteiger partial charge in [-0.3, -0.25) is 4.79 Å². The number of rotatable bonds is 4. The zero-order valence-electron chi connectivity index (χ0n) is 16.7. The molecule has 2 heterocycles. The number of aromatic nitrogens is 2. The highest BCUT2D eigenvalue weighted by molar-refractivity contribution is 5.92. The number of anilines is 2. The Bertz CT molecular complexity index is 1180. The molecule has 1 aliphatic heterocycles. The van der Waals surface area contributed by atoms with Gasteiger partial charge in [0.15, 0.2) is 11.5 Å². The van der Waals surface area contributed by atoms with Crippen LogP contribution in [0.5, 0.6) is 11.5 Å². The summed E-state index contributed by atoms with van der Waals surface area (Å²) in [5.74, 6) is 1.13. The van der Waals surface area contributed by atoms with Gasteiger partial charge in [0.2, 0.25) is 5.91 Å². The quantitative estimate of drug-likeness (QED) is 0.733. The van der Waals surface area contributed by atoms with Gasteiger partial charge in [0.1, 0.15) is 5.82 Å². The van der Waals surface area contributed by atoms with Crippen molar-refractivity contribution in [1.82, 2.24) is 9.55 Å². The predicted octanol–water partition coefficient (Wildman–Crippen LogP) is 3.48. The van der Waals surface area contributed by atoms with Gasteiger partial charge in [-0.15, -0.1) is 0 Å². The number of para-hydroxylation sites is 1. The Hall–Kier alpha value is -3.61. The van der Waals surface area contributed by atoms with Crippen molar-refractivity contribution in [2.75, 3.05) is 19.5 Å². The second-order valence-electron chi connectivity index (χ2n) is 6.97. The molecule has 29 heavy (non-hydrogen) atoms. The van der Waals surface area contributed by atoms with Gasteiger partial charge in [0, 0.05) is 17.3 Å². The van der Waals surface area contributed by atoms with Crippen molar-refractivity contribution >= 4 is 17.4 Å². The lowest BCUT2D eigenvalue weighted by Gasteiger charge is -2.22. The van der Waals surface area contributed by atoms with Crippen molar-refractivity contribution in [2.24, 2.45) is 0 Å². The fraction of sp³-hybridized carbons (Fsp3) is 0.227. The lowest BCUT2D eigenvalue weighted by atomic mass is 9.96. The second kappa shape index (κ2) is 7.09. The Balaban J connectivity index is 1.89. The van der Waals surface area contributed by atoms with E-state index in [1.807, 2.05) is 32.0 Å². The normalized spacial score (nSPS) is 12.2. The summed E-state index contributed by atoms with van der Waals surface area (Å²) in [6.07, 6.45) is 0.0912. The van der Waals surface area contributed by atoms with Gasteiger partial charge >= 0.3 is 5.69 Å². The number of ether oxygens (including phenoxy) is 2. The summed E-state index contributed by atoms with van der Waals surface area (Å²) in [5.41, 5.74) is 4.34. The van der Waals surface area contributed by atoms with E-state index < -0.39 is 5.69 Å². The van der Waals surface area contributed by atoms with Crippen LogP contribution in [0.2, 0.25) is 0 Å². The highest BCUT2D eigenvalue weighted by atomic mass is 16.5. The van der Waals surface area contributed by atoms with Crippen LogP contribution in [0.15, 0.2) is 41.2 Å². The van der Waals surface area contributed by atoms with Gasteiger partial charge < -0.3 is 14.8 Å². The molecular weight excluding hydrogens is 370 g/mol. The fourth-order valence-corrected chi connectivity index (χ4v) is 3.67. The van der Waals surface area contributed by atoms with E-state index in [2.05, 4.69) is 10.3 Å². The Labute approximate surface area is 167 Å². The Morgan fingerprint density at radius 1 is 1.00 bits per heavy atom. The monoisotopic (exact) mass is 391 g/mol. The number of carbonyl (C=O) groups is 1. The van der Waals surface area contributed by atoms with Crippen LogP contribution in [-0.4, -0.2) is 29.7 Å². The minimum atomic E-state index is -0.610. The van der Waals surface area contributed by atoms with Crippen molar-refractivity contribution in [2.45, 2.75) is 20.3 Å². The number of fused-ring (bicyclic) bond motifs is 3.